The van der Waals surface area contributed by atoms with Gasteiger partial charge in [-0.1, -0.05) is 13.8 Å². The van der Waals surface area contributed by atoms with E-state index in [1.807, 2.05) is 31.8 Å². The average molecular weight is 304 g/mol. The molecule has 0 spiro atoms. The Balaban J connectivity index is 2.02. The van der Waals surface area contributed by atoms with Crippen LogP contribution in [0.4, 0.5) is 10.6 Å². The summed E-state index contributed by atoms with van der Waals surface area (Å²) in [6.45, 7) is 6.57. The number of hydrogen-bond acceptors (Lipinski definition) is 3. The molecule has 0 atom stereocenters. The van der Waals surface area contributed by atoms with Gasteiger partial charge in [-0.15, -0.1) is 0 Å². The van der Waals surface area contributed by atoms with E-state index in [2.05, 4.69) is 34.7 Å². The summed E-state index contributed by atoms with van der Waals surface area (Å²) in [6, 6.07) is 1.57. The van der Waals surface area contributed by atoms with Crippen molar-refractivity contribution in [1.82, 2.24) is 24.9 Å². The van der Waals surface area contributed by atoms with E-state index in [1.54, 1.807) is 4.68 Å². The van der Waals surface area contributed by atoms with Crippen LogP contribution in [0.25, 0.3) is 0 Å². The van der Waals surface area contributed by atoms with Crippen molar-refractivity contribution >= 4 is 11.8 Å². The number of carbonyl (C=O) groups excluding carboxylic acids is 1. The van der Waals surface area contributed by atoms with Gasteiger partial charge < -0.3 is 5.32 Å². The number of aromatic nitrogens is 4. The van der Waals surface area contributed by atoms with Crippen LogP contribution in [-0.2, 0) is 33.5 Å². The van der Waals surface area contributed by atoms with Crippen LogP contribution in [0.2, 0.25) is 0 Å². The first-order valence-electron chi connectivity index (χ1n) is 7.55. The molecular weight excluding hydrogens is 280 g/mol. The number of nitrogens with one attached hydrogen (secondary N) is 2. The number of aryl methyl sites for hydroxylation is 4. The fourth-order valence-corrected chi connectivity index (χ4v) is 2.54. The molecule has 0 aromatic carbocycles. The van der Waals surface area contributed by atoms with Gasteiger partial charge in [-0.25, -0.2) is 4.79 Å². The molecule has 0 unspecified atom stereocenters. The SMILES string of the molecule is CCc1nn(C)c(CC)c1CNC(=O)Nc1cc(C)n(C)n1. The molecule has 2 heterocycles. The van der Waals surface area contributed by atoms with Crippen molar-refractivity contribution in [1.29, 1.82) is 0 Å². The van der Waals surface area contributed by atoms with Crippen molar-refractivity contribution in [2.24, 2.45) is 14.1 Å². The van der Waals surface area contributed by atoms with E-state index in [1.165, 1.54) is 0 Å². The molecule has 0 radical (unpaired) electrons. The zero-order valence-electron chi connectivity index (χ0n) is 13.9. The van der Waals surface area contributed by atoms with E-state index in [9.17, 15) is 4.79 Å². The number of nitrogens with zero attached hydrogens (tertiary/aromatic N) is 4. The molecule has 22 heavy (non-hydrogen) atoms. The highest BCUT2D eigenvalue weighted by atomic mass is 16.2. The summed E-state index contributed by atoms with van der Waals surface area (Å²) in [5, 5.41) is 14.3. The normalized spacial score (nSPS) is 10.8. The summed E-state index contributed by atoms with van der Waals surface area (Å²) < 4.78 is 3.62. The lowest BCUT2D eigenvalue weighted by Crippen LogP contribution is -2.29. The fourth-order valence-electron chi connectivity index (χ4n) is 2.54. The van der Waals surface area contributed by atoms with Gasteiger partial charge in [0.05, 0.1) is 5.69 Å². The predicted octanol–water partition coefficient (Wildman–Crippen LogP) is 1.91. The minimum atomic E-state index is -0.258. The molecule has 7 heteroatoms. The minimum Gasteiger partial charge on any atom is -0.334 e. The van der Waals surface area contributed by atoms with Gasteiger partial charge in [0.25, 0.3) is 0 Å². The Morgan fingerprint density at radius 2 is 1.91 bits per heavy atom. The van der Waals surface area contributed by atoms with E-state index < -0.39 is 0 Å². The number of urea groups is 1. The van der Waals surface area contributed by atoms with Gasteiger partial charge >= 0.3 is 6.03 Å². The number of carbonyl (C=O) groups is 1. The third-order valence-corrected chi connectivity index (χ3v) is 3.81. The summed E-state index contributed by atoms with van der Waals surface area (Å²) in [4.78, 5) is 12.0. The van der Waals surface area contributed by atoms with E-state index in [4.69, 9.17) is 0 Å². The molecule has 0 aliphatic carbocycles. The Morgan fingerprint density at radius 3 is 2.45 bits per heavy atom. The van der Waals surface area contributed by atoms with E-state index >= 15 is 0 Å². The summed E-state index contributed by atoms with van der Waals surface area (Å²) in [6.07, 6.45) is 1.74. The molecule has 2 aromatic heterocycles. The highest BCUT2D eigenvalue weighted by Crippen LogP contribution is 2.15. The average Bonchev–Trinajstić information content (AvgIpc) is 2.95. The number of anilines is 1. The van der Waals surface area contributed by atoms with Crippen LogP contribution in [0, 0.1) is 6.92 Å². The Morgan fingerprint density at radius 1 is 1.18 bits per heavy atom. The maximum absolute atomic E-state index is 12.0. The summed E-state index contributed by atoms with van der Waals surface area (Å²) in [5.41, 5.74) is 4.29. The van der Waals surface area contributed by atoms with Crippen molar-refractivity contribution in [2.75, 3.05) is 5.32 Å². The standard InChI is InChI=1S/C15H24N6O/c1-6-12-11(13(7-2)21(5)18-12)9-16-15(22)17-14-8-10(3)20(4)19-14/h8H,6-7,9H2,1-5H3,(H2,16,17,19,22). The topological polar surface area (TPSA) is 76.8 Å². The van der Waals surface area contributed by atoms with Gasteiger partial charge in [0.1, 0.15) is 0 Å². The van der Waals surface area contributed by atoms with Gasteiger partial charge in [-0.05, 0) is 19.8 Å². The molecule has 0 bridgehead atoms. The molecule has 0 saturated heterocycles. The van der Waals surface area contributed by atoms with Crippen LogP contribution < -0.4 is 10.6 Å². The van der Waals surface area contributed by atoms with Gasteiger partial charge in [-0.2, -0.15) is 10.2 Å². The van der Waals surface area contributed by atoms with Crippen LogP contribution >= 0.6 is 0 Å². The second kappa shape index (κ2) is 6.64. The Labute approximate surface area is 130 Å². The third kappa shape index (κ3) is 3.29. The van der Waals surface area contributed by atoms with Gasteiger partial charge in [0.2, 0.25) is 0 Å². The monoisotopic (exact) mass is 304 g/mol. The van der Waals surface area contributed by atoms with E-state index in [-0.39, 0.29) is 6.03 Å². The summed E-state index contributed by atoms with van der Waals surface area (Å²) in [7, 11) is 3.79. The summed E-state index contributed by atoms with van der Waals surface area (Å²) in [5.74, 6) is 0.551. The first kappa shape index (κ1) is 16.1. The number of amides is 2. The first-order valence-corrected chi connectivity index (χ1v) is 7.55. The molecule has 0 aliphatic heterocycles. The van der Waals surface area contributed by atoms with Gasteiger partial charge in [0, 0.05) is 43.7 Å². The Bertz CT molecular complexity index is 650. The van der Waals surface area contributed by atoms with E-state index in [0.29, 0.717) is 12.4 Å². The molecule has 2 amide bonds. The molecule has 2 N–H and O–H groups in total. The molecule has 0 aliphatic rings. The van der Waals surface area contributed by atoms with Crippen molar-refractivity contribution in [2.45, 2.75) is 40.2 Å². The number of rotatable bonds is 5. The maximum atomic E-state index is 12.0. The molecule has 2 rings (SSSR count). The maximum Gasteiger partial charge on any atom is 0.320 e. The highest BCUT2D eigenvalue weighted by molar-refractivity contribution is 5.88. The first-order chi connectivity index (χ1) is 10.5. The van der Waals surface area contributed by atoms with Crippen molar-refractivity contribution in [3.05, 3.63) is 28.7 Å². The van der Waals surface area contributed by atoms with Crippen LogP contribution in [0.3, 0.4) is 0 Å². The number of hydrogen-bond donors (Lipinski definition) is 2. The van der Waals surface area contributed by atoms with Crippen molar-refractivity contribution < 1.29 is 4.79 Å². The Hall–Kier alpha value is -2.31. The van der Waals surface area contributed by atoms with Gasteiger partial charge in [0.15, 0.2) is 5.82 Å². The molecule has 0 fully saturated rings. The van der Waals surface area contributed by atoms with Crippen LogP contribution in [0.5, 0.6) is 0 Å². The lowest BCUT2D eigenvalue weighted by Gasteiger charge is -2.08. The van der Waals surface area contributed by atoms with Crippen LogP contribution in [-0.4, -0.2) is 25.6 Å². The fraction of sp³-hybridized carbons (Fsp3) is 0.533. The third-order valence-electron chi connectivity index (χ3n) is 3.81. The van der Waals surface area contributed by atoms with Crippen LogP contribution in [0.1, 0.15) is 36.5 Å². The second-order valence-corrected chi connectivity index (χ2v) is 5.30. The molecular formula is C15H24N6O. The van der Waals surface area contributed by atoms with E-state index in [0.717, 1.165) is 35.5 Å². The highest BCUT2D eigenvalue weighted by Gasteiger charge is 2.14. The molecule has 120 valence electrons. The predicted molar refractivity (Wildman–Crippen MR) is 85.8 cm³/mol. The van der Waals surface area contributed by atoms with Gasteiger partial charge in [-0.3, -0.25) is 14.7 Å². The minimum absolute atomic E-state index is 0.258. The lowest BCUT2D eigenvalue weighted by atomic mass is 10.1. The molecule has 0 saturated carbocycles. The van der Waals surface area contributed by atoms with Crippen molar-refractivity contribution in [3.63, 3.8) is 0 Å². The molecule has 7 nitrogen and oxygen atoms in total. The lowest BCUT2D eigenvalue weighted by molar-refractivity contribution is 0.251. The van der Waals surface area contributed by atoms with Crippen LogP contribution in [0.15, 0.2) is 6.07 Å². The second-order valence-electron chi connectivity index (χ2n) is 5.30. The zero-order valence-corrected chi connectivity index (χ0v) is 13.9. The zero-order chi connectivity index (χ0) is 16.3. The van der Waals surface area contributed by atoms with Crippen molar-refractivity contribution in [3.8, 4) is 0 Å². The Kier molecular flexibility index (Phi) is 4.85. The molecule has 2 aromatic rings. The summed E-state index contributed by atoms with van der Waals surface area (Å²) >= 11 is 0. The smallest absolute Gasteiger partial charge is 0.320 e. The quantitative estimate of drug-likeness (QED) is 0.886. The largest absolute Gasteiger partial charge is 0.334 e.